The van der Waals surface area contributed by atoms with Crippen molar-refractivity contribution in [2.24, 2.45) is 21.7 Å². The molecule has 1 aliphatic rings. The van der Waals surface area contributed by atoms with Gasteiger partial charge in [0.1, 0.15) is 0 Å². The van der Waals surface area contributed by atoms with Crippen molar-refractivity contribution < 1.29 is 4.74 Å². The van der Waals surface area contributed by atoms with Gasteiger partial charge in [-0.3, -0.25) is 0 Å². The van der Waals surface area contributed by atoms with Gasteiger partial charge in [0.2, 0.25) is 5.96 Å². The second-order valence-electron chi connectivity index (χ2n) is 4.07. The Bertz CT molecular complexity index is 493. The van der Waals surface area contributed by atoms with Crippen molar-refractivity contribution >= 4 is 33.8 Å². The van der Waals surface area contributed by atoms with Crippen LogP contribution in [0.25, 0.3) is 0 Å². The van der Waals surface area contributed by atoms with Crippen LogP contribution in [-0.2, 0) is 4.74 Å². The molecule has 0 spiro atoms. The smallest absolute Gasteiger partial charge is 0.211 e. The Balaban J connectivity index is 2.26. The summed E-state index contributed by atoms with van der Waals surface area (Å²) in [7, 11) is 0. The fourth-order valence-corrected chi connectivity index (χ4v) is 2.21. The monoisotopic (exact) mass is 325 g/mol. The zero-order valence-electron chi connectivity index (χ0n) is 10.4. The number of nitrogens with zero attached hydrogens (tertiary/aromatic N) is 3. The average Bonchev–Trinajstić information content (AvgIpc) is 2.41. The van der Waals surface area contributed by atoms with Crippen LogP contribution >= 0.6 is 15.9 Å². The minimum absolute atomic E-state index is 0.0544. The zero-order chi connectivity index (χ0) is 13.7. The molecule has 0 amide bonds. The van der Waals surface area contributed by atoms with Crippen molar-refractivity contribution in [3.8, 4) is 0 Å². The molecule has 102 valence electrons. The van der Waals surface area contributed by atoms with Gasteiger partial charge in [0, 0.05) is 28.8 Å². The van der Waals surface area contributed by atoms with Crippen molar-refractivity contribution in [3.63, 3.8) is 0 Å². The summed E-state index contributed by atoms with van der Waals surface area (Å²) in [5.74, 6) is -0.0544. The SMILES string of the molecule is NC(N)=NN=Cc1ccc(Br)cc1N1CCOCC1. The van der Waals surface area contributed by atoms with E-state index in [-0.39, 0.29) is 5.96 Å². The Morgan fingerprint density at radius 2 is 2.05 bits per heavy atom. The summed E-state index contributed by atoms with van der Waals surface area (Å²) in [4.78, 5) is 2.26. The van der Waals surface area contributed by atoms with Crippen molar-refractivity contribution in [1.82, 2.24) is 0 Å². The Labute approximate surface area is 120 Å². The Morgan fingerprint density at radius 1 is 1.32 bits per heavy atom. The average molecular weight is 326 g/mol. The van der Waals surface area contributed by atoms with Gasteiger partial charge >= 0.3 is 0 Å². The predicted octanol–water partition coefficient (Wildman–Crippen LogP) is 0.893. The van der Waals surface area contributed by atoms with E-state index >= 15 is 0 Å². The number of ether oxygens (including phenoxy) is 1. The molecule has 1 aromatic carbocycles. The lowest BCUT2D eigenvalue weighted by Gasteiger charge is -2.30. The lowest BCUT2D eigenvalue weighted by atomic mass is 10.1. The maximum Gasteiger partial charge on any atom is 0.211 e. The predicted molar refractivity (Wildman–Crippen MR) is 80.6 cm³/mol. The number of halogens is 1. The van der Waals surface area contributed by atoms with Gasteiger partial charge < -0.3 is 21.1 Å². The number of anilines is 1. The summed E-state index contributed by atoms with van der Waals surface area (Å²) in [5.41, 5.74) is 12.5. The molecule has 1 heterocycles. The third kappa shape index (κ3) is 3.93. The van der Waals surface area contributed by atoms with Gasteiger partial charge in [-0.05, 0) is 12.1 Å². The molecule has 0 radical (unpaired) electrons. The van der Waals surface area contributed by atoms with E-state index in [1.54, 1.807) is 6.21 Å². The molecule has 0 unspecified atom stereocenters. The molecule has 6 nitrogen and oxygen atoms in total. The van der Waals surface area contributed by atoms with Gasteiger partial charge in [0.05, 0.1) is 19.4 Å². The van der Waals surface area contributed by atoms with E-state index in [1.165, 1.54) is 0 Å². The highest BCUT2D eigenvalue weighted by Crippen LogP contribution is 2.25. The van der Waals surface area contributed by atoms with Crippen LogP contribution in [0.5, 0.6) is 0 Å². The van der Waals surface area contributed by atoms with Crippen molar-refractivity contribution in [2.45, 2.75) is 0 Å². The van der Waals surface area contributed by atoms with E-state index in [0.717, 1.165) is 42.0 Å². The third-order valence-electron chi connectivity index (χ3n) is 2.71. The molecule has 2 rings (SSSR count). The summed E-state index contributed by atoms with van der Waals surface area (Å²) in [6, 6.07) is 5.99. The lowest BCUT2D eigenvalue weighted by Crippen LogP contribution is -2.36. The van der Waals surface area contributed by atoms with Gasteiger partial charge in [-0.15, -0.1) is 5.10 Å². The largest absolute Gasteiger partial charge is 0.378 e. The lowest BCUT2D eigenvalue weighted by molar-refractivity contribution is 0.122. The summed E-state index contributed by atoms with van der Waals surface area (Å²) < 4.78 is 6.38. The maximum atomic E-state index is 5.36. The first-order valence-electron chi connectivity index (χ1n) is 5.91. The number of hydrogen-bond acceptors (Lipinski definition) is 4. The molecule has 0 saturated carbocycles. The molecule has 0 aromatic heterocycles. The fourth-order valence-electron chi connectivity index (χ4n) is 1.86. The number of benzene rings is 1. The van der Waals surface area contributed by atoms with Gasteiger partial charge in [-0.25, -0.2) is 0 Å². The summed E-state index contributed by atoms with van der Waals surface area (Å²) in [5, 5.41) is 7.48. The third-order valence-corrected chi connectivity index (χ3v) is 3.21. The number of morpholine rings is 1. The Morgan fingerprint density at radius 3 is 2.74 bits per heavy atom. The van der Waals surface area contributed by atoms with Crippen molar-refractivity contribution in [3.05, 3.63) is 28.2 Å². The zero-order valence-corrected chi connectivity index (χ0v) is 12.0. The fraction of sp³-hybridized carbons (Fsp3) is 0.333. The van der Waals surface area contributed by atoms with Crippen LogP contribution in [-0.4, -0.2) is 38.5 Å². The quantitative estimate of drug-likeness (QED) is 0.490. The first kappa shape index (κ1) is 13.8. The van der Waals surface area contributed by atoms with E-state index in [4.69, 9.17) is 16.2 Å². The first-order valence-corrected chi connectivity index (χ1v) is 6.70. The normalized spacial score (nSPS) is 15.7. The molecular weight excluding hydrogens is 310 g/mol. The second-order valence-corrected chi connectivity index (χ2v) is 4.99. The second kappa shape index (κ2) is 6.53. The minimum Gasteiger partial charge on any atom is -0.378 e. The van der Waals surface area contributed by atoms with E-state index in [2.05, 4.69) is 37.1 Å². The van der Waals surface area contributed by atoms with Crippen LogP contribution in [0.2, 0.25) is 0 Å². The molecule has 1 aliphatic heterocycles. The van der Waals surface area contributed by atoms with Crippen LogP contribution in [0.4, 0.5) is 5.69 Å². The number of hydrogen-bond donors (Lipinski definition) is 2. The van der Waals surface area contributed by atoms with E-state index in [9.17, 15) is 0 Å². The van der Waals surface area contributed by atoms with Gasteiger partial charge in [-0.1, -0.05) is 22.0 Å². The molecule has 19 heavy (non-hydrogen) atoms. The number of rotatable bonds is 3. The molecule has 4 N–H and O–H groups in total. The standard InChI is InChI=1S/C12H16BrN5O/c13-10-2-1-9(8-16-17-12(14)15)11(7-10)18-3-5-19-6-4-18/h1-2,7-8H,3-6H2,(H4,14,15,17). The highest BCUT2D eigenvalue weighted by molar-refractivity contribution is 9.10. The molecule has 1 fully saturated rings. The minimum atomic E-state index is -0.0544. The Hall–Kier alpha value is -1.60. The topological polar surface area (TPSA) is 89.2 Å². The highest BCUT2D eigenvalue weighted by atomic mass is 79.9. The maximum absolute atomic E-state index is 5.36. The first-order chi connectivity index (χ1) is 9.16. The highest BCUT2D eigenvalue weighted by Gasteiger charge is 2.14. The summed E-state index contributed by atoms with van der Waals surface area (Å²) in [6.45, 7) is 3.19. The number of nitrogens with two attached hydrogens (primary N) is 2. The molecule has 1 aromatic rings. The van der Waals surface area contributed by atoms with Crippen LogP contribution in [0.3, 0.4) is 0 Å². The van der Waals surface area contributed by atoms with E-state index < -0.39 is 0 Å². The number of guanidine groups is 1. The van der Waals surface area contributed by atoms with Crippen LogP contribution < -0.4 is 16.4 Å². The Kier molecular flexibility index (Phi) is 4.75. The van der Waals surface area contributed by atoms with Crippen molar-refractivity contribution in [1.29, 1.82) is 0 Å². The summed E-state index contributed by atoms with van der Waals surface area (Å²) >= 11 is 3.48. The van der Waals surface area contributed by atoms with Crippen LogP contribution in [0.15, 0.2) is 32.9 Å². The van der Waals surface area contributed by atoms with Gasteiger partial charge in [-0.2, -0.15) is 5.10 Å². The van der Waals surface area contributed by atoms with E-state index in [0.29, 0.717) is 0 Å². The molecular formula is C12H16BrN5O. The molecule has 0 atom stereocenters. The summed E-state index contributed by atoms with van der Waals surface area (Å²) in [6.07, 6.45) is 1.65. The molecule has 7 heteroatoms. The van der Waals surface area contributed by atoms with Crippen LogP contribution in [0.1, 0.15) is 5.56 Å². The molecule has 1 saturated heterocycles. The molecule has 0 bridgehead atoms. The van der Waals surface area contributed by atoms with E-state index in [1.807, 2.05) is 12.1 Å². The van der Waals surface area contributed by atoms with Gasteiger partial charge in [0.25, 0.3) is 0 Å². The van der Waals surface area contributed by atoms with Gasteiger partial charge in [0.15, 0.2) is 0 Å². The van der Waals surface area contributed by atoms with Crippen LogP contribution in [0, 0.1) is 0 Å². The molecule has 0 aliphatic carbocycles. The van der Waals surface area contributed by atoms with Crippen molar-refractivity contribution in [2.75, 3.05) is 31.2 Å².